The summed E-state index contributed by atoms with van der Waals surface area (Å²) in [6, 6.07) is 12.6. The van der Waals surface area contributed by atoms with E-state index in [1.54, 1.807) is 24.3 Å². The second-order valence-electron chi connectivity index (χ2n) is 6.06. The molecule has 0 aromatic heterocycles. The lowest BCUT2D eigenvalue weighted by atomic mass is 10.1. The lowest BCUT2D eigenvalue weighted by molar-refractivity contribution is -0.116. The van der Waals surface area contributed by atoms with Gasteiger partial charge in [-0.1, -0.05) is 12.1 Å². The highest BCUT2D eigenvalue weighted by atomic mass is 16.5. The first-order valence-corrected chi connectivity index (χ1v) is 8.35. The van der Waals surface area contributed by atoms with Crippen molar-refractivity contribution in [2.75, 3.05) is 11.9 Å². The standard InChI is InChI=1S/C20H24N2O3/c1-14-6-7-15(2)18(13-14)25-12-4-3-5-19(23)22-17-10-8-16(9-11-17)20(21)24/h6-11,13H,3-5,12H2,1-2H3,(H2,21,24)(H,22,23). The molecule has 0 radical (unpaired) electrons. The summed E-state index contributed by atoms with van der Waals surface area (Å²) in [4.78, 5) is 22.9. The van der Waals surface area contributed by atoms with Crippen molar-refractivity contribution in [3.63, 3.8) is 0 Å². The molecule has 25 heavy (non-hydrogen) atoms. The van der Waals surface area contributed by atoms with Crippen LogP contribution in [-0.2, 0) is 4.79 Å². The topological polar surface area (TPSA) is 81.4 Å². The first-order chi connectivity index (χ1) is 12.0. The second kappa shape index (κ2) is 8.87. The Hall–Kier alpha value is -2.82. The minimum absolute atomic E-state index is 0.0569. The number of hydrogen-bond donors (Lipinski definition) is 2. The van der Waals surface area contributed by atoms with Crippen molar-refractivity contribution in [3.05, 3.63) is 59.2 Å². The van der Waals surface area contributed by atoms with Crippen molar-refractivity contribution in [2.45, 2.75) is 33.1 Å². The van der Waals surface area contributed by atoms with Crippen molar-refractivity contribution in [1.82, 2.24) is 0 Å². The number of hydrogen-bond acceptors (Lipinski definition) is 3. The molecule has 0 spiro atoms. The molecule has 0 fully saturated rings. The Balaban J connectivity index is 1.68. The van der Waals surface area contributed by atoms with Gasteiger partial charge in [0.25, 0.3) is 0 Å². The summed E-state index contributed by atoms with van der Waals surface area (Å²) in [5.74, 6) is 0.360. The fraction of sp³-hybridized carbons (Fsp3) is 0.300. The molecule has 2 rings (SSSR count). The second-order valence-corrected chi connectivity index (χ2v) is 6.06. The van der Waals surface area contributed by atoms with Gasteiger partial charge in [-0.3, -0.25) is 9.59 Å². The number of carbonyl (C=O) groups is 2. The lowest BCUT2D eigenvalue weighted by Gasteiger charge is -2.10. The molecule has 132 valence electrons. The van der Waals surface area contributed by atoms with Crippen LogP contribution in [-0.4, -0.2) is 18.4 Å². The number of ether oxygens (including phenoxy) is 1. The molecule has 0 saturated heterocycles. The fourth-order valence-electron chi connectivity index (χ4n) is 2.37. The number of amides is 2. The maximum atomic E-state index is 11.9. The van der Waals surface area contributed by atoms with Crippen molar-refractivity contribution in [1.29, 1.82) is 0 Å². The molecule has 0 bridgehead atoms. The smallest absolute Gasteiger partial charge is 0.248 e. The molecule has 0 unspecified atom stereocenters. The van der Waals surface area contributed by atoms with Crippen LogP contribution in [0, 0.1) is 13.8 Å². The van der Waals surface area contributed by atoms with Crippen LogP contribution in [0.5, 0.6) is 5.75 Å². The van der Waals surface area contributed by atoms with Gasteiger partial charge >= 0.3 is 0 Å². The molecule has 2 aromatic rings. The van der Waals surface area contributed by atoms with Crippen molar-refractivity contribution in [2.24, 2.45) is 5.73 Å². The number of unbranched alkanes of at least 4 members (excludes halogenated alkanes) is 1. The largest absolute Gasteiger partial charge is 0.493 e. The number of rotatable bonds is 8. The van der Waals surface area contributed by atoms with Crippen LogP contribution in [0.4, 0.5) is 5.69 Å². The molecule has 0 saturated carbocycles. The number of nitrogens with two attached hydrogens (primary N) is 1. The Labute approximate surface area is 148 Å². The minimum Gasteiger partial charge on any atom is -0.493 e. The number of anilines is 1. The van der Waals surface area contributed by atoms with Crippen LogP contribution >= 0.6 is 0 Å². The van der Waals surface area contributed by atoms with Crippen LogP contribution in [0.15, 0.2) is 42.5 Å². The molecule has 3 N–H and O–H groups in total. The number of carbonyl (C=O) groups excluding carboxylic acids is 2. The molecule has 0 atom stereocenters. The number of aryl methyl sites for hydroxylation is 2. The monoisotopic (exact) mass is 340 g/mol. The summed E-state index contributed by atoms with van der Waals surface area (Å²) < 4.78 is 5.78. The average Bonchev–Trinajstić information content (AvgIpc) is 2.58. The highest BCUT2D eigenvalue weighted by Gasteiger charge is 2.05. The van der Waals surface area contributed by atoms with E-state index in [9.17, 15) is 9.59 Å². The van der Waals surface area contributed by atoms with Gasteiger partial charge in [-0.2, -0.15) is 0 Å². The molecule has 0 heterocycles. The van der Waals surface area contributed by atoms with Gasteiger partial charge in [0.2, 0.25) is 11.8 Å². The van der Waals surface area contributed by atoms with Crippen LogP contribution in [0.25, 0.3) is 0 Å². The molecule has 2 aromatic carbocycles. The highest BCUT2D eigenvalue weighted by Crippen LogP contribution is 2.19. The predicted octanol–water partition coefficient (Wildman–Crippen LogP) is 3.59. The summed E-state index contributed by atoms with van der Waals surface area (Å²) in [7, 11) is 0. The van der Waals surface area contributed by atoms with Crippen LogP contribution in [0.2, 0.25) is 0 Å². The van der Waals surface area contributed by atoms with Gasteiger partial charge in [0.15, 0.2) is 0 Å². The summed E-state index contributed by atoms with van der Waals surface area (Å²) in [5.41, 5.74) is 8.54. The van der Waals surface area contributed by atoms with E-state index in [4.69, 9.17) is 10.5 Å². The van der Waals surface area contributed by atoms with E-state index < -0.39 is 5.91 Å². The molecular weight excluding hydrogens is 316 g/mol. The molecule has 0 aliphatic rings. The van der Waals surface area contributed by atoms with Gasteiger partial charge in [-0.05, 0) is 68.1 Å². The zero-order valence-corrected chi connectivity index (χ0v) is 14.7. The molecule has 5 heteroatoms. The molecule has 0 aliphatic heterocycles. The summed E-state index contributed by atoms with van der Waals surface area (Å²) in [6.07, 6.45) is 1.98. The highest BCUT2D eigenvalue weighted by molar-refractivity contribution is 5.94. The van der Waals surface area contributed by atoms with Crippen LogP contribution < -0.4 is 15.8 Å². The lowest BCUT2D eigenvalue weighted by Crippen LogP contribution is -2.13. The normalized spacial score (nSPS) is 10.3. The Morgan fingerprint density at radius 1 is 1.04 bits per heavy atom. The molecule has 5 nitrogen and oxygen atoms in total. The quantitative estimate of drug-likeness (QED) is 0.721. The first-order valence-electron chi connectivity index (χ1n) is 8.35. The van der Waals surface area contributed by atoms with Crippen LogP contribution in [0.3, 0.4) is 0 Å². The number of benzene rings is 2. The van der Waals surface area contributed by atoms with Gasteiger partial charge in [0.1, 0.15) is 5.75 Å². The van der Waals surface area contributed by atoms with Crippen molar-refractivity contribution >= 4 is 17.5 Å². The first kappa shape index (κ1) is 18.5. The van der Waals surface area contributed by atoms with E-state index in [2.05, 4.69) is 11.4 Å². The SMILES string of the molecule is Cc1ccc(C)c(OCCCCC(=O)Nc2ccc(C(N)=O)cc2)c1. The number of nitrogens with one attached hydrogen (secondary N) is 1. The summed E-state index contributed by atoms with van der Waals surface area (Å²) in [6.45, 7) is 4.64. The fourth-order valence-corrected chi connectivity index (χ4v) is 2.37. The predicted molar refractivity (Wildman–Crippen MR) is 98.9 cm³/mol. The van der Waals surface area contributed by atoms with Gasteiger partial charge in [0.05, 0.1) is 6.61 Å². The van der Waals surface area contributed by atoms with E-state index >= 15 is 0 Å². The number of primary amides is 1. The van der Waals surface area contributed by atoms with Crippen LogP contribution in [0.1, 0.15) is 40.7 Å². The zero-order chi connectivity index (χ0) is 18.2. The van der Waals surface area contributed by atoms with Gasteiger partial charge in [-0.15, -0.1) is 0 Å². The van der Waals surface area contributed by atoms with Gasteiger partial charge < -0.3 is 15.8 Å². The van der Waals surface area contributed by atoms with Crippen molar-refractivity contribution in [3.8, 4) is 5.75 Å². The third-order valence-corrected chi connectivity index (χ3v) is 3.85. The van der Waals surface area contributed by atoms with E-state index in [-0.39, 0.29) is 5.91 Å². The maximum Gasteiger partial charge on any atom is 0.248 e. The minimum atomic E-state index is -0.485. The molecule has 0 aliphatic carbocycles. The third kappa shape index (κ3) is 5.95. The van der Waals surface area contributed by atoms with E-state index in [0.29, 0.717) is 24.3 Å². The molecular formula is C20H24N2O3. The van der Waals surface area contributed by atoms with Gasteiger partial charge in [-0.25, -0.2) is 0 Å². The van der Waals surface area contributed by atoms with E-state index in [1.807, 2.05) is 26.0 Å². The zero-order valence-electron chi connectivity index (χ0n) is 14.7. The third-order valence-electron chi connectivity index (χ3n) is 3.85. The van der Waals surface area contributed by atoms with Gasteiger partial charge in [0, 0.05) is 17.7 Å². The van der Waals surface area contributed by atoms with Crippen molar-refractivity contribution < 1.29 is 14.3 Å². The maximum absolute atomic E-state index is 11.9. The summed E-state index contributed by atoms with van der Waals surface area (Å²) in [5, 5.41) is 2.80. The average molecular weight is 340 g/mol. The Bertz CT molecular complexity index is 739. The Morgan fingerprint density at radius 3 is 2.44 bits per heavy atom. The van der Waals surface area contributed by atoms with E-state index in [0.717, 1.165) is 24.2 Å². The Morgan fingerprint density at radius 2 is 1.76 bits per heavy atom. The summed E-state index contributed by atoms with van der Waals surface area (Å²) >= 11 is 0. The molecule has 2 amide bonds. The van der Waals surface area contributed by atoms with E-state index in [1.165, 1.54) is 5.56 Å². The Kier molecular flexibility index (Phi) is 6.57.